The first-order chi connectivity index (χ1) is 8.05. The Morgan fingerprint density at radius 2 is 1.94 bits per heavy atom. The standard InChI is InChI=1S/C11H15ClN2O3S/c1-7-8(5-6-9(12)13-7)14-10(15)11(2,3)18(4,16)17/h5-6H,1-4H3,(H,14,15). The summed E-state index contributed by atoms with van der Waals surface area (Å²) < 4.78 is 21.6. The zero-order valence-corrected chi connectivity index (χ0v) is 12.2. The van der Waals surface area contributed by atoms with E-state index in [0.717, 1.165) is 6.26 Å². The number of nitrogens with one attached hydrogen (secondary N) is 1. The number of pyridine rings is 1. The van der Waals surface area contributed by atoms with Crippen LogP contribution < -0.4 is 5.32 Å². The second kappa shape index (κ2) is 4.85. The summed E-state index contributed by atoms with van der Waals surface area (Å²) in [5.74, 6) is -0.600. The fourth-order valence-corrected chi connectivity index (χ4v) is 1.68. The molecule has 1 aromatic heterocycles. The maximum Gasteiger partial charge on any atom is 0.245 e. The molecule has 0 atom stereocenters. The number of carbonyl (C=O) groups is 1. The second-order valence-electron chi connectivity index (χ2n) is 4.50. The number of sulfone groups is 1. The molecular weight excluding hydrogens is 276 g/mol. The molecular formula is C11H15ClN2O3S. The van der Waals surface area contributed by atoms with Crippen LogP contribution in [0.3, 0.4) is 0 Å². The molecule has 0 unspecified atom stereocenters. The quantitative estimate of drug-likeness (QED) is 0.861. The SMILES string of the molecule is Cc1nc(Cl)ccc1NC(=O)C(C)(C)S(C)(=O)=O. The first-order valence-electron chi connectivity index (χ1n) is 5.20. The number of hydrogen-bond donors (Lipinski definition) is 1. The van der Waals surface area contributed by atoms with Gasteiger partial charge >= 0.3 is 0 Å². The number of anilines is 1. The van der Waals surface area contributed by atoms with E-state index in [0.29, 0.717) is 16.5 Å². The summed E-state index contributed by atoms with van der Waals surface area (Å²) in [5, 5.41) is 2.86. The maximum atomic E-state index is 12.0. The molecule has 0 radical (unpaired) electrons. The highest BCUT2D eigenvalue weighted by Crippen LogP contribution is 2.21. The van der Waals surface area contributed by atoms with Crippen molar-refractivity contribution in [2.75, 3.05) is 11.6 Å². The highest BCUT2D eigenvalue weighted by Gasteiger charge is 2.38. The van der Waals surface area contributed by atoms with E-state index < -0.39 is 20.5 Å². The Balaban J connectivity index is 3.02. The van der Waals surface area contributed by atoms with Gasteiger partial charge in [-0.2, -0.15) is 0 Å². The number of aromatic nitrogens is 1. The van der Waals surface area contributed by atoms with Crippen LogP contribution >= 0.6 is 11.6 Å². The van der Waals surface area contributed by atoms with E-state index in [9.17, 15) is 13.2 Å². The average molecular weight is 291 g/mol. The van der Waals surface area contributed by atoms with Crippen LogP contribution in [0.15, 0.2) is 12.1 Å². The molecule has 0 aliphatic carbocycles. The molecule has 0 aliphatic rings. The van der Waals surface area contributed by atoms with Crippen LogP contribution in [0.1, 0.15) is 19.5 Å². The van der Waals surface area contributed by atoms with Crippen LogP contribution in [0.2, 0.25) is 5.15 Å². The number of hydrogen-bond acceptors (Lipinski definition) is 4. The van der Waals surface area contributed by atoms with Gasteiger partial charge in [0.15, 0.2) is 9.84 Å². The Labute approximate surface area is 111 Å². The summed E-state index contributed by atoms with van der Waals surface area (Å²) in [4.78, 5) is 15.9. The third kappa shape index (κ3) is 3.00. The van der Waals surface area contributed by atoms with Crippen LogP contribution in [0.25, 0.3) is 0 Å². The van der Waals surface area contributed by atoms with Crippen molar-refractivity contribution in [1.29, 1.82) is 0 Å². The smallest absolute Gasteiger partial charge is 0.245 e. The number of carbonyl (C=O) groups excluding carboxylic acids is 1. The lowest BCUT2D eigenvalue weighted by Crippen LogP contribution is -2.44. The van der Waals surface area contributed by atoms with E-state index >= 15 is 0 Å². The molecule has 5 nitrogen and oxygen atoms in total. The molecule has 0 saturated carbocycles. The molecule has 0 fully saturated rings. The first kappa shape index (κ1) is 14.9. The molecule has 100 valence electrons. The van der Waals surface area contributed by atoms with Gasteiger partial charge in [-0.1, -0.05) is 11.6 Å². The molecule has 18 heavy (non-hydrogen) atoms. The number of aryl methyl sites for hydroxylation is 1. The van der Waals surface area contributed by atoms with E-state index in [-0.39, 0.29) is 0 Å². The minimum Gasteiger partial charge on any atom is -0.323 e. The predicted molar refractivity (Wildman–Crippen MR) is 71.5 cm³/mol. The third-order valence-corrected chi connectivity index (χ3v) is 5.02. The highest BCUT2D eigenvalue weighted by molar-refractivity contribution is 7.92. The lowest BCUT2D eigenvalue weighted by atomic mass is 10.2. The molecule has 1 heterocycles. The van der Waals surface area contributed by atoms with Gasteiger partial charge in [0.25, 0.3) is 0 Å². The number of amides is 1. The summed E-state index contributed by atoms with van der Waals surface area (Å²) >= 11 is 5.70. The van der Waals surface area contributed by atoms with Crippen molar-refractivity contribution in [2.45, 2.75) is 25.5 Å². The van der Waals surface area contributed by atoms with Gasteiger partial charge in [-0.15, -0.1) is 0 Å². The van der Waals surface area contributed by atoms with Crippen LogP contribution in [-0.2, 0) is 14.6 Å². The Hall–Kier alpha value is -1.14. The van der Waals surface area contributed by atoms with Crippen molar-refractivity contribution in [3.05, 3.63) is 23.0 Å². The first-order valence-corrected chi connectivity index (χ1v) is 7.47. The normalized spacial score (nSPS) is 12.3. The van der Waals surface area contributed by atoms with Crippen molar-refractivity contribution in [2.24, 2.45) is 0 Å². The summed E-state index contributed by atoms with van der Waals surface area (Å²) in [5.41, 5.74) is 0.973. The highest BCUT2D eigenvalue weighted by atomic mass is 35.5. The minimum absolute atomic E-state index is 0.313. The number of rotatable bonds is 3. The van der Waals surface area contributed by atoms with Gasteiger partial charge in [-0.3, -0.25) is 4.79 Å². The fourth-order valence-electron chi connectivity index (χ4n) is 1.10. The van der Waals surface area contributed by atoms with E-state index in [4.69, 9.17) is 11.6 Å². The van der Waals surface area contributed by atoms with Crippen LogP contribution in [0, 0.1) is 6.92 Å². The molecule has 7 heteroatoms. The Morgan fingerprint density at radius 3 is 2.39 bits per heavy atom. The predicted octanol–water partition coefficient (Wildman–Crippen LogP) is 1.81. The zero-order valence-electron chi connectivity index (χ0n) is 10.6. The van der Waals surface area contributed by atoms with E-state index in [2.05, 4.69) is 10.3 Å². The fraction of sp³-hybridized carbons (Fsp3) is 0.455. The van der Waals surface area contributed by atoms with E-state index in [1.165, 1.54) is 19.9 Å². The van der Waals surface area contributed by atoms with Gasteiger partial charge < -0.3 is 5.32 Å². The zero-order chi connectivity index (χ0) is 14.1. The van der Waals surface area contributed by atoms with Gasteiger partial charge in [0.05, 0.1) is 11.4 Å². The van der Waals surface area contributed by atoms with Crippen LogP contribution in [-0.4, -0.2) is 30.3 Å². The molecule has 1 N–H and O–H groups in total. The van der Waals surface area contributed by atoms with Crippen molar-refractivity contribution in [3.63, 3.8) is 0 Å². The lowest BCUT2D eigenvalue weighted by molar-refractivity contribution is -0.117. The molecule has 0 spiro atoms. The molecule has 0 aromatic carbocycles. The Kier molecular flexibility index (Phi) is 4.02. The monoisotopic (exact) mass is 290 g/mol. The van der Waals surface area contributed by atoms with Gasteiger partial charge in [0, 0.05) is 6.26 Å². The van der Waals surface area contributed by atoms with Crippen LogP contribution in [0.4, 0.5) is 5.69 Å². The number of halogens is 1. The summed E-state index contributed by atoms with van der Waals surface area (Å²) in [6, 6.07) is 3.11. The van der Waals surface area contributed by atoms with Crippen LogP contribution in [0.5, 0.6) is 0 Å². The van der Waals surface area contributed by atoms with Crippen molar-refractivity contribution in [1.82, 2.24) is 4.98 Å². The van der Waals surface area contributed by atoms with E-state index in [1.807, 2.05) is 0 Å². The maximum absolute atomic E-state index is 12.0. The van der Waals surface area contributed by atoms with E-state index in [1.54, 1.807) is 13.0 Å². The Morgan fingerprint density at radius 1 is 1.39 bits per heavy atom. The van der Waals surface area contributed by atoms with Crippen molar-refractivity contribution in [3.8, 4) is 0 Å². The molecule has 0 aliphatic heterocycles. The van der Waals surface area contributed by atoms with Crippen molar-refractivity contribution < 1.29 is 13.2 Å². The summed E-state index contributed by atoms with van der Waals surface area (Å²) in [7, 11) is -3.50. The lowest BCUT2D eigenvalue weighted by Gasteiger charge is -2.21. The summed E-state index contributed by atoms with van der Waals surface area (Å²) in [6.07, 6.45) is 1.03. The molecule has 1 rings (SSSR count). The Bertz CT molecular complexity index is 582. The second-order valence-corrected chi connectivity index (χ2v) is 7.46. The molecule has 1 aromatic rings. The van der Waals surface area contributed by atoms with Crippen molar-refractivity contribution >= 4 is 33.0 Å². The van der Waals surface area contributed by atoms with Gasteiger partial charge in [-0.05, 0) is 32.9 Å². The van der Waals surface area contributed by atoms with Gasteiger partial charge in [-0.25, -0.2) is 13.4 Å². The minimum atomic E-state index is -3.50. The molecule has 0 saturated heterocycles. The van der Waals surface area contributed by atoms with Gasteiger partial charge in [0.1, 0.15) is 9.90 Å². The molecule has 1 amide bonds. The molecule has 0 bridgehead atoms. The average Bonchev–Trinajstić information content (AvgIpc) is 2.20. The largest absolute Gasteiger partial charge is 0.323 e. The summed E-state index contributed by atoms with van der Waals surface area (Å²) in [6.45, 7) is 4.39. The van der Waals surface area contributed by atoms with Gasteiger partial charge in [0.2, 0.25) is 5.91 Å². The number of nitrogens with zero attached hydrogens (tertiary/aromatic N) is 1. The topological polar surface area (TPSA) is 76.1 Å². The third-order valence-electron chi connectivity index (χ3n) is 2.77.